The van der Waals surface area contributed by atoms with Crippen LogP contribution in [0.3, 0.4) is 0 Å². The van der Waals surface area contributed by atoms with Crippen molar-refractivity contribution in [1.29, 1.82) is 0 Å². The third-order valence-corrected chi connectivity index (χ3v) is 3.53. The van der Waals surface area contributed by atoms with Crippen LogP contribution in [-0.2, 0) is 25.2 Å². The largest absolute Gasteiger partial charge is 0.495 e. The summed E-state index contributed by atoms with van der Waals surface area (Å²) in [6.07, 6.45) is 0. The minimum absolute atomic E-state index is 0.0439. The van der Waals surface area contributed by atoms with Gasteiger partial charge in [-0.1, -0.05) is 0 Å². The van der Waals surface area contributed by atoms with Gasteiger partial charge in [-0.15, -0.1) is 0 Å². The number of hydrogen-bond donors (Lipinski definition) is 1. The summed E-state index contributed by atoms with van der Waals surface area (Å²) in [5.74, 6) is -1.19. The number of hydrogen-bond acceptors (Lipinski definition) is 7. The van der Waals surface area contributed by atoms with Crippen LogP contribution in [-0.4, -0.2) is 46.7 Å². The second-order valence-electron chi connectivity index (χ2n) is 5.76. The van der Waals surface area contributed by atoms with Crippen molar-refractivity contribution >= 4 is 28.5 Å². The topological polar surface area (TPSA) is 99.2 Å². The molecule has 24 heavy (non-hydrogen) atoms. The molecule has 1 aromatic carbocycles. The second-order valence-corrected chi connectivity index (χ2v) is 6.72. The van der Waals surface area contributed by atoms with Gasteiger partial charge in [0, 0.05) is 0 Å². The van der Waals surface area contributed by atoms with Crippen molar-refractivity contribution in [2.24, 2.45) is 0 Å². The fourth-order valence-electron chi connectivity index (χ4n) is 1.86. The lowest BCUT2D eigenvalue weighted by Crippen LogP contribution is -2.34. The number of nitrogens with zero attached hydrogens (tertiary/aromatic N) is 1. The molecule has 0 aromatic heterocycles. The zero-order valence-electron chi connectivity index (χ0n) is 14.2. The van der Waals surface area contributed by atoms with Gasteiger partial charge >= 0.3 is 11.9 Å². The van der Waals surface area contributed by atoms with Crippen molar-refractivity contribution in [3.05, 3.63) is 23.8 Å². The molecular weight excluding hydrogens is 338 g/mol. The van der Waals surface area contributed by atoms with Crippen molar-refractivity contribution in [2.75, 3.05) is 25.1 Å². The number of thiol groups is 1. The fraction of sp³-hybridized carbons (Fsp3) is 0.467. The van der Waals surface area contributed by atoms with Gasteiger partial charge in [-0.2, -0.15) is 0 Å². The molecule has 0 bridgehead atoms. The zero-order valence-corrected chi connectivity index (χ0v) is 15.1. The Balaban J connectivity index is 3.24. The van der Waals surface area contributed by atoms with Crippen LogP contribution in [0, 0.1) is 0 Å². The number of anilines is 1. The van der Waals surface area contributed by atoms with Crippen LogP contribution in [0.4, 0.5) is 5.69 Å². The van der Waals surface area contributed by atoms with E-state index in [4.69, 9.17) is 9.47 Å². The third kappa shape index (κ3) is 5.41. The molecule has 0 atom stereocenters. The molecule has 0 heterocycles. The highest BCUT2D eigenvalue weighted by Crippen LogP contribution is 2.30. The number of methoxy groups -OCH3 is 2. The molecule has 0 aliphatic rings. The molecular formula is C15H21NO7S. The first-order valence-corrected chi connectivity index (χ1v) is 8.12. The van der Waals surface area contributed by atoms with Gasteiger partial charge < -0.3 is 14.2 Å². The molecule has 134 valence electrons. The number of rotatable bonds is 6. The second kappa shape index (κ2) is 8.00. The standard InChI is InChI=1S/C15H21NO7S/c1-15(2,3)23-13(17)9-16(24(19)20)11-8-10(14(18)22-5)6-7-12(11)21-4/h6-8,24H,9H2,1-5H3. The third-order valence-electron chi connectivity index (χ3n) is 2.77. The minimum atomic E-state index is -3.17. The Morgan fingerprint density at radius 1 is 1.17 bits per heavy atom. The molecule has 0 amide bonds. The quantitative estimate of drug-likeness (QED) is 0.601. The van der Waals surface area contributed by atoms with Gasteiger partial charge in [-0.25, -0.2) is 13.2 Å². The molecule has 8 nitrogen and oxygen atoms in total. The molecule has 1 rings (SSSR count). The smallest absolute Gasteiger partial charge is 0.337 e. The van der Waals surface area contributed by atoms with Crippen LogP contribution >= 0.6 is 0 Å². The monoisotopic (exact) mass is 359 g/mol. The molecule has 0 unspecified atom stereocenters. The Hall–Kier alpha value is -2.29. The molecule has 0 spiro atoms. The van der Waals surface area contributed by atoms with E-state index in [2.05, 4.69) is 4.74 Å². The first-order valence-electron chi connectivity index (χ1n) is 6.99. The van der Waals surface area contributed by atoms with Crippen molar-refractivity contribution in [2.45, 2.75) is 26.4 Å². The normalized spacial score (nSPS) is 11.1. The van der Waals surface area contributed by atoms with Gasteiger partial charge in [0.15, 0.2) is 0 Å². The molecule has 1 aromatic rings. The Kier molecular flexibility index (Phi) is 6.59. The summed E-state index contributed by atoms with van der Waals surface area (Å²) in [5.41, 5.74) is -0.586. The summed E-state index contributed by atoms with van der Waals surface area (Å²) in [6.45, 7) is 4.47. The summed E-state index contributed by atoms with van der Waals surface area (Å²) in [5, 5.41) is 0. The van der Waals surface area contributed by atoms with Gasteiger partial charge in [0.25, 0.3) is 0 Å². The molecule has 9 heteroatoms. The van der Waals surface area contributed by atoms with E-state index in [1.165, 1.54) is 32.4 Å². The molecule has 0 N–H and O–H groups in total. The van der Waals surface area contributed by atoms with E-state index in [1.807, 2.05) is 0 Å². The van der Waals surface area contributed by atoms with E-state index in [0.717, 1.165) is 4.31 Å². The Bertz CT molecular complexity index is 684. The Labute approximate surface area is 142 Å². The number of carbonyl (C=O) groups is 2. The summed E-state index contributed by atoms with van der Waals surface area (Å²) in [4.78, 5) is 23.6. The lowest BCUT2D eigenvalue weighted by Gasteiger charge is -2.23. The molecule has 0 saturated carbocycles. The summed E-state index contributed by atoms with van der Waals surface area (Å²) >= 11 is 0. The highest BCUT2D eigenvalue weighted by atomic mass is 32.2. The Morgan fingerprint density at radius 3 is 2.25 bits per heavy atom. The average molecular weight is 359 g/mol. The maximum Gasteiger partial charge on any atom is 0.337 e. The van der Waals surface area contributed by atoms with Gasteiger partial charge in [0.1, 0.15) is 17.9 Å². The molecule has 0 fully saturated rings. The summed E-state index contributed by atoms with van der Waals surface area (Å²) in [6, 6.07) is 4.13. The minimum Gasteiger partial charge on any atom is -0.495 e. The van der Waals surface area contributed by atoms with Crippen LogP contribution in [0.1, 0.15) is 31.1 Å². The van der Waals surface area contributed by atoms with Crippen molar-refractivity contribution < 1.29 is 32.2 Å². The fourth-order valence-corrected chi connectivity index (χ4v) is 2.43. The van der Waals surface area contributed by atoms with Gasteiger partial charge in [0.2, 0.25) is 10.9 Å². The molecule has 0 saturated heterocycles. The molecule has 0 radical (unpaired) electrons. The number of esters is 2. The summed E-state index contributed by atoms with van der Waals surface area (Å²) in [7, 11) is -0.617. The van der Waals surface area contributed by atoms with E-state index in [0.29, 0.717) is 0 Å². The lowest BCUT2D eigenvalue weighted by atomic mass is 10.2. The van der Waals surface area contributed by atoms with E-state index in [9.17, 15) is 18.0 Å². The van der Waals surface area contributed by atoms with Crippen molar-refractivity contribution in [3.8, 4) is 5.75 Å². The van der Waals surface area contributed by atoms with Gasteiger partial charge in [-0.3, -0.25) is 9.10 Å². The van der Waals surface area contributed by atoms with Crippen LogP contribution in [0.15, 0.2) is 18.2 Å². The Morgan fingerprint density at radius 2 is 1.79 bits per heavy atom. The maximum absolute atomic E-state index is 12.0. The van der Waals surface area contributed by atoms with E-state index < -0.39 is 35.0 Å². The van der Waals surface area contributed by atoms with Gasteiger partial charge in [0.05, 0.1) is 25.5 Å². The molecule has 0 aliphatic carbocycles. The SMILES string of the molecule is COC(=O)c1ccc(OC)c(N(CC(=O)OC(C)(C)C)[SH](=O)=O)c1. The van der Waals surface area contributed by atoms with Gasteiger partial charge in [-0.05, 0) is 39.0 Å². The van der Waals surface area contributed by atoms with Crippen LogP contribution in [0.2, 0.25) is 0 Å². The first kappa shape index (κ1) is 19.8. The first-order chi connectivity index (χ1) is 11.1. The van der Waals surface area contributed by atoms with E-state index in [-0.39, 0.29) is 17.0 Å². The zero-order chi connectivity index (χ0) is 18.5. The highest BCUT2D eigenvalue weighted by Gasteiger charge is 2.23. The van der Waals surface area contributed by atoms with Crippen LogP contribution in [0.25, 0.3) is 0 Å². The number of benzene rings is 1. The predicted octanol–water partition coefficient (Wildman–Crippen LogP) is 1.16. The molecule has 0 aliphatic heterocycles. The maximum atomic E-state index is 12.0. The number of carbonyl (C=O) groups excluding carboxylic acids is 2. The van der Waals surface area contributed by atoms with E-state index >= 15 is 0 Å². The van der Waals surface area contributed by atoms with E-state index in [1.54, 1.807) is 20.8 Å². The van der Waals surface area contributed by atoms with Crippen LogP contribution in [0.5, 0.6) is 5.75 Å². The van der Waals surface area contributed by atoms with Crippen molar-refractivity contribution in [1.82, 2.24) is 0 Å². The lowest BCUT2D eigenvalue weighted by molar-refractivity contribution is -0.152. The average Bonchev–Trinajstić information content (AvgIpc) is 2.49. The highest BCUT2D eigenvalue weighted by molar-refractivity contribution is 7.74. The van der Waals surface area contributed by atoms with Crippen molar-refractivity contribution in [3.63, 3.8) is 0 Å². The van der Waals surface area contributed by atoms with Crippen LogP contribution < -0.4 is 9.04 Å². The summed E-state index contributed by atoms with van der Waals surface area (Å²) < 4.78 is 38.8. The number of ether oxygens (including phenoxy) is 3. The predicted molar refractivity (Wildman–Crippen MR) is 87.8 cm³/mol.